The highest BCUT2D eigenvalue weighted by Crippen LogP contribution is 2.23. The van der Waals surface area contributed by atoms with Crippen molar-refractivity contribution in [2.75, 3.05) is 13.1 Å². The van der Waals surface area contributed by atoms with E-state index >= 15 is 0 Å². The lowest BCUT2D eigenvalue weighted by atomic mass is 10.0. The third-order valence-corrected chi connectivity index (χ3v) is 4.11. The molecule has 0 radical (unpaired) electrons. The van der Waals surface area contributed by atoms with Crippen molar-refractivity contribution in [1.82, 2.24) is 9.47 Å². The first-order valence-corrected chi connectivity index (χ1v) is 7.50. The summed E-state index contributed by atoms with van der Waals surface area (Å²) >= 11 is 6.16. The number of rotatable bonds is 2. The van der Waals surface area contributed by atoms with Crippen LogP contribution in [0.15, 0.2) is 42.7 Å². The number of halogens is 1. The molecule has 1 aliphatic rings. The van der Waals surface area contributed by atoms with Gasteiger partial charge in [0.2, 0.25) is 0 Å². The van der Waals surface area contributed by atoms with Crippen molar-refractivity contribution in [3.8, 4) is 5.69 Å². The molecule has 2 N–H and O–H groups in total. The SMILES string of the molecule is O=C(c1cc(-n2cccc2)ccc1Cl)N1C[C@H](O)C[C@H](O)C1. The molecular formula is C16H17ClN2O3. The summed E-state index contributed by atoms with van der Waals surface area (Å²) in [6.45, 7) is 0.417. The molecule has 0 bridgehead atoms. The highest BCUT2D eigenvalue weighted by Gasteiger charge is 2.29. The molecule has 0 spiro atoms. The van der Waals surface area contributed by atoms with Gasteiger partial charge in [-0.1, -0.05) is 11.6 Å². The molecule has 1 fully saturated rings. The molecule has 2 heterocycles. The van der Waals surface area contributed by atoms with Crippen LogP contribution in [0.4, 0.5) is 0 Å². The molecule has 5 nitrogen and oxygen atoms in total. The third kappa shape index (κ3) is 3.02. The summed E-state index contributed by atoms with van der Waals surface area (Å²) in [5, 5.41) is 19.8. The third-order valence-electron chi connectivity index (χ3n) is 3.78. The summed E-state index contributed by atoms with van der Waals surface area (Å²) in [5.41, 5.74) is 1.20. The Bertz CT molecular complexity index is 662. The maximum atomic E-state index is 12.6. The van der Waals surface area contributed by atoms with E-state index in [1.807, 2.05) is 35.2 Å². The fraction of sp³-hybridized carbons (Fsp3) is 0.312. The lowest BCUT2D eigenvalue weighted by Crippen LogP contribution is -2.48. The molecule has 22 heavy (non-hydrogen) atoms. The monoisotopic (exact) mass is 320 g/mol. The Labute approximate surface area is 133 Å². The second-order valence-electron chi connectivity index (χ2n) is 5.51. The van der Waals surface area contributed by atoms with E-state index in [2.05, 4.69) is 0 Å². The number of hydrogen-bond donors (Lipinski definition) is 2. The Morgan fingerprint density at radius 2 is 1.77 bits per heavy atom. The number of benzene rings is 1. The summed E-state index contributed by atoms with van der Waals surface area (Å²) in [6, 6.07) is 9.03. The van der Waals surface area contributed by atoms with E-state index in [0.29, 0.717) is 17.0 Å². The molecule has 1 aromatic carbocycles. The number of aliphatic hydroxyl groups is 2. The molecule has 0 unspecified atom stereocenters. The Kier molecular flexibility index (Phi) is 4.20. The number of aliphatic hydroxyl groups excluding tert-OH is 2. The summed E-state index contributed by atoms with van der Waals surface area (Å²) in [4.78, 5) is 14.1. The quantitative estimate of drug-likeness (QED) is 0.885. The summed E-state index contributed by atoms with van der Waals surface area (Å²) in [7, 11) is 0. The molecule has 1 amide bonds. The van der Waals surface area contributed by atoms with Gasteiger partial charge in [0.25, 0.3) is 5.91 Å². The van der Waals surface area contributed by atoms with Crippen LogP contribution in [0.3, 0.4) is 0 Å². The molecule has 2 aromatic rings. The highest BCUT2D eigenvalue weighted by molar-refractivity contribution is 6.33. The van der Waals surface area contributed by atoms with Gasteiger partial charge in [-0.3, -0.25) is 4.79 Å². The van der Waals surface area contributed by atoms with Crippen LogP contribution in [-0.2, 0) is 0 Å². The van der Waals surface area contributed by atoms with E-state index in [9.17, 15) is 15.0 Å². The molecule has 1 aromatic heterocycles. The average Bonchev–Trinajstić information content (AvgIpc) is 3.00. The number of likely N-dealkylation sites (tertiary alicyclic amines) is 1. The van der Waals surface area contributed by atoms with E-state index in [1.165, 1.54) is 4.90 Å². The number of hydrogen-bond acceptors (Lipinski definition) is 3. The Morgan fingerprint density at radius 1 is 1.14 bits per heavy atom. The molecule has 0 aliphatic carbocycles. The fourth-order valence-electron chi connectivity index (χ4n) is 2.73. The van der Waals surface area contributed by atoms with Gasteiger partial charge in [-0.2, -0.15) is 0 Å². The zero-order chi connectivity index (χ0) is 15.7. The van der Waals surface area contributed by atoms with Crippen molar-refractivity contribution in [1.29, 1.82) is 0 Å². The number of carbonyl (C=O) groups excluding carboxylic acids is 1. The van der Waals surface area contributed by atoms with Crippen LogP contribution in [-0.4, -0.2) is 50.9 Å². The normalized spacial score (nSPS) is 21.9. The van der Waals surface area contributed by atoms with Gasteiger partial charge < -0.3 is 19.7 Å². The van der Waals surface area contributed by atoms with Crippen LogP contribution in [0, 0.1) is 0 Å². The zero-order valence-corrected chi connectivity index (χ0v) is 12.6. The minimum atomic E-state index is -0.709. The van der Waals surface area contributed by atoms with E-state index in [1.54, 1.807) is 12.1 Å². The van der Waals surface area contributed by atoms with E-state index < -0.39 is 12.2 Å². The minimum Gasteiger partial charge on any atom is -0.391 e. The van der Waals surface area contributed by atoms with Gasteiger partial charge in [0.05, 0.1) is 22.8 Å². The van der Waals surface area contributed by atoms with Gasteiger partial charge in [0.15, 0.2) is 0 Å². The van der Waals surface area contributed by atoms with Gasteiger partial charge in [-0.25, -0.2) is 0 Å². The Morgan fingerprint density at radius 3 is 2.41 bits per heavy atom. The highest BCUT2D eigenvalue weighted by atomic mass is 35.5. The van der Waals surface area contributed by atoms with Gasteiger partial charge in [-0.05, 0) is 30.3 Å². The second kappa shape index (κ2) is 6.12. The van der Waals surface area contributed by atoms with Crippen molar-refractivity contribution >= 4 is 17.5 Å². The smallest absolute Gasteiger partial charge is 0.255 e. The zero-order valence-electron chi connectivity index (χ0n) is 11.9. The maximum absolute atomic E-state index is 12.6. The number of amides is 1. The minimum absolute atomic E-state index is 0.208. The molecule has 1 aliphatic heterocycles. The van der Waals surface area contributed by atoms with Crippen molar-refractivity contribution < 1.29 is 15.0 Å². The Hall–Kier alpha value is -1.82. The molecular weight excluding hydrogens is 304 g/mol. The summed E-state index contributed by atoms with van der Waals surface area (Å²) in [5.74, 6) is -0.281. The van der Waals surface area contributed by atoms with Crippen molar-refractivity contribution in [3.05, 3.63) is 53.3 Å². The molecule has 2 atom stereocenters. The summed E-state index contributed by atoms with van der Waals surface area (Å²) in [6.07, 6.45) is 2.64. The predicted octanol–water partition coefficient (Wildman–Crippen LogP) is 1.70. The first-order chi connectivity index (χ1) is 10.5. The van der Waals surface area contributed by atoms with Crippen LogP contribution in [0.5, 0.6) is 0 Å². The summed E-state index contributed by atoms with van der Waals surface area (Å²) < 4.78 is 1.88. The predicted molar refractivity (Wildman–Crippen MR) is 83.3 cm³/mol. The van der Waals surface area contributed by atoms with Crippen LogP contribution >= 0.6 is 11.6 Å². The Balaban J connectivity index is 1.90. The molecule has 3 rings (SSSR count). The van der Waals surface area contributed by atoms with Gasteiger partial charge in [0.1, 0.15) is 0 Å². The van der Waals surface area contributed by atoms with Crippen molar-refractivity contribution in [3.63, 3.8) is 0 Å². The maximum Gasteiger partial charge on any atom is 0.255 e. The largest absolute Gasteiger partial charge is 0.391 e. The average molecular weight is 321 g/mol. The molecule has 1 saturated heterocycles. The first kappa shape index (κ1) is 15.1. The number of piperidine rings is 1. The van der Waals surface area contributed by atoms with Crippen molar-refractivity contribution in [2.45, 2.75) is 18.6 Å². The fourth-order valence-corrected chi connectivity index (χ4v) is 2.93. The van der Waals surface area contributed by atoms with E-state index in [4.69, 9.17) is 11.6 Å². The van der Waals surface area contributed by atoms with Crippen LogP contribution in [0.1, 0.15) is 16.8 Å². The number of carbonyl (C=O) groups is 1. The van der Waals surface area contributed by atoms with Crippen LogP contribution in [0.25, 0.3) is 5.69 Å². The van der Waals surface area contributed by atoms with Crippen LogP contribution < -0.4 is 0 Å². The molecule has 116 valence electrons. The number of nitrogens with zero attached hydrogens (tertiary/aromatic N) is 2. The van der Waals surface area contributed by atoms with Gasteiger partial charge in [-0.15, -0.1) is 0 Å². The molecule has 0 saturated carbocycles. The lowest BCUT2D eigenvalue weighted by molar-refractivity contribution is -0.00384. The molecule has 6 heteroatoms. The van der Waals surface area contributed by atoms with Crippen molar-refractivity contribution in [2.24, 2.45) is 0 Å². The number of aromatic nitrogens is 1. The first-order valence-electron chi connectivity index (χ1n) is 7.13. The van der Waals surface area contributed by atoms with Crippen LogP contribution in [0.2, 0.25) is 5.02 Å². The van der Waals surface area contributed by atoms with E-state index in [0.717, 1.165) is 5.69 Å². The van der Waals surface area contributed by atoms with Gasteiger partial charge >= 0.3 is 0 Å². The lowest BCUT2D eigenvalue weighted by Gasteiger charge is -2.33. The standard InChI is InChI=1S/C16H17ClN2O3/c17-15-4-3-11(18-5-1-2-6-18)7-14(15)16(22)19-9-12(20)8-13(21)10-19/h1-7,12-13,20-21H,8-10H2/t12-,13+. The van der Waals surface area contributed by atoms with E-state index in [-0.39, 0.29) is 19.0 Å². The topological polar surface area (TPSA) is 65.7 Å². The second-order valence-corrected chi connectivity index (χ2v) is 5.92. The van der Waals surface area contributed by atoms with Gasteiger partial charge in [0, 0.05) is 37.6 Å². The number of β-amino-alcohol motifs (C(OH)–C–C–N with tert-alkyl or cyclic N) is 2.